The largest absolute Gasteiger partial charge is 0.396 e. The minimum atomic E-state index is 0.377. The molecule has 2 heteroatoms. The Morgan fingerprint density at radius 2 is 2.25 bits per heavy atom. The summed E-state index contributed by atoms with van der Waals surface area (Å²) in [6.07, 6.45) is 5.08. The van der Waals surface area contributed by atoms with Crippen molar-refractivity contribution in [3.63, 3.8) is 0 Å². The lowest BCUT2D eigenvalue weighted by atomic mass is 9.97. The quantitative estimate of drug-likeness (QED) is 0.684. The molecule has 1 N–H and O–H groups in total. The van der Waals surface area contributed by atoms with E-state index in [0.717, 1.165) is 12.5 Å². The van der Waals surface area contributed by atoms with Crippen LogP contribution in [0.5, 0.6) is 0 Å². The summed E-state index contributed by atoms with van der Waals surface area (Å²) in [5.41, 5.74) is 0.531. The number of hydrogen-bond acceptors (Lipinski definition) is 2. The topological polar surface area (TPSA) is 23.5 Å². The molecule has 2 fully saturated rings. The van der Waals surface area contributed by atoms with Crippen molar-refractivity contribution in [1.29, 1.82) is 0 Å². The van der Waals surface area contributed by atoms with E-state index in [4.69, 9.17) is 5.11 Å². The molecule has 0 radical (unpaired) electrons. The first-order valence-corrected chi connectivity index (χ1v) is 5.11. The molecule has 1 atom stereocenters. The minimum absolute atomic E-state index is 0.377. The highest BCUT2D eigenvalue weighted by molar-refractivity contribution is 4.97. The lowest BCUT2D eigenvalue weighted by Crippen LogP contribution is -2.48. The van der Waals surface area contributed by atoms with Crippen LogP contribution in [0.25, 0.3) is 0 Å². The number of aliphatic hydroxyl groups excluding tert-OH is 1. The zero-order chi connectivity index (χ0) is 8.60. The average molecular weight is 169 g/mol. The van der Waals surface area contributed by atoms with Gasteiger partial charge in [0.15, 0.2) is 0 Å². The van der Waals surface area contributed by atoms with Gasteiger partial charge in [-0.15, -0.1) is 0 Å². The number of hydrogen-bond donors (Lipinski definition) is 1. The third-order valence-electron chi connectivity index (χ3n) is 3.60. The third kappa shape index (κ3) is 1.50. The molecule has 2 nitrogen and oxygen atoms in total. The first kappa shape index (κ1) is 8.52. The smallest absolute Gasteiger partial charge is 0.0436 e. The summed E-state index contributed by atoms with van der Waals surface area (Å²) in [6.45, 7) is 5.21. The molecule has 2 aliphatic rings. The van der Waals surface area contributed by atoms with Gasteiger partial charge in [0.2, 0.25) is 0 Å². The Kier molecular flexibility index (Phi) is 2.13. The molecule has 0 aromatic carbocycles. The van der Waals surface area contributed by atoms with Crippen LogP contribution in [0, 0.1) is 5.41 Å². The Morgan fingerprint density at radius 3 is 2.58 bits per heavy atom. The molecular formula is C10H19NO. The van der Waals surface area contributed by atoms with Crippen LogP contribution in [0.4, 0.5) is 0 Å². The van der Waals surface area contributed by atoms with Crippen molar-refractivity contribution in [2.75, 3.05) is 19.7 Å². The van der Waals surface area contributed by atoms with Crippen LogP contribution in [0.3, 0.4) is 0 Å². The van der Waals surface area contributed by atoms with Gasteiger partial charge in [0, 0.05) is 19.2 Å². The summed E-state index contributed by atoms with van der Waals surface area (Å²) >= 11 is 0. The van der Waals surface area contributed by atoms with E-state index in [9.17, 15) is 0 Å². The van der Waals surface area contributed by atoms with Crippen LogP contribution in [-0.2, 0) is 0 Å². The van der Waals surface area contributed by atoms with Gasteiger partial charge in [-0.25, -0.2) is 0 Å². The normalized spacial score (nSPS) is 33.0. The van der Waals surface area contributed by atoms with E-state index < -0.39 is 0 Å². The van der Waals surface area contributed by atoms with Crippen molar-refractivity contribution >= 4 is 0 Å². The Morgan fingerprint density at radius 1 is 1.50 bits per heavy atom. The molecule has 0 aromatic heterocycles. The molecule has 1 saturated heterocycles. The van der Waals surface area contributed by atoms with Crippen molar-refractivity contribution in [2.24, 2.45) is 5.41 Å². The molecular weight excluding hydrogens is 150 g/mol. The van der Waals surface area contributed by atoms with Crippen LogP contribution >= 0.6 is 0 Å². The molecule has 1 saturated carbocycles. The third-order valence-corrected chi connectivity index (χ3v) is 3.60. The first-order chi connectivity index (χ1) is 5.76. The van der Waals surface area contributed by atoms with Crippen LogP contribution in [0.1, 0.15) is 32.6 Å². The molecule has 0 spiro atoms. The fraction of sp³-hybridized carbons (Fsp3) is 1.00. The number of likely N-dealkylation sites (tertiary alicyclic amines) is 1. The summed E-state index contributed by atoms with van der Waals surface area (Å²) in [4.78, 5) is 2.56. The second-order valence-electron chi connectivity index (χ2n) is 4.58. The van der Waals surface area contributed by atoms with Crippen LogP contribution in [0.2, 0.25) is 0 Å². The van der Waals surface area contributed by atoms with Gasteiger partial charge in [-0.3, -0.25) is 0 Å². The predicted octanol–water partition coefficient (Wildman–Crippen LogP) is 1.24. The minimum Gasteiger partial charge on any atom is -0.396 e. The summed E-state index contributed by atoms with van der Waals surface area (Å²) in [5, 5.41) is 8.89. The van der Waals surface area contributed by atoms with Gasteiger partial charge in [0.05, 0.1) is 0 Å². The summed E-state index contributed by atoms with van der Waals surface area (Å²) in [6, 6.07) is 0.807. The van der Waals surface area contributed by atoms with Gasteiger partial charge in [-0.1, -0.05) is 0 Å². The molecule has 70 valence electrons. The van der Waals surface area contributed by atoms with Gasteiger partial charge in [-0.05, 0) is 44.6 Å². The molecule has 0 amide bonds. The summed E-state index contributed by atoms with van der Waals surface area (Å²) < 4.78 is 0. The SMILES string of the molecule is CC1CCN1CC1(CCO)CC1. The summed E-state index contributed by atoms with van der Waals surface area (Å²) in [5.74, 6) is 0. The molecule has 1 heterocycles. The standard InChI is InChI=1S/C10H19NO/c1-9-2-6-11(9)8-10(3-4-10)5-7-12/h9,12H,2-8H2,1H3. The highest BCUT2D eigenvalue weighted by Crippen LogP contribution is 2.50. The van der Waals surface area contributed by atoms with Gasteiger partial charge < -0.3 is 10.0 Å². The lowest BCUT2D eigenvalue weighted by molar-refractivity contribution is 0.0698. The molecule has 0 aromatic rings. The number of aliphatic hydroxyl groups is 1. The Labute approximate surface area is 74.6 Å². The van der Waals surface area contributed by atoms with E-state index in [2.05, 4.69) is 11.8 Å². The fourth-order valence-corrected chi connectivity index (χ4v) is 2.14. The van der Waals surface area contributed by atoms with Crippen molar-refractivity contribution < 1.29 is 5.11 Å². The van der Waals surface area contributed by atoms with Gasteiger partial charge in [0.1, 0.15) is 0 Å². The van der Waals surface area contributed by atoms with E-state index >= 15 is 0 Å². The molecule has 1 unspecified atom stereocenters. The van der Waals surface area contributed by atoms with Gasteiger partial charge in [0.25, 0.3) is 0 Å². The lowest BCUT2D eigenvalue weighted by Gasteiger charge is -2.41. The Balaban J connectivity index is 1.78. The van der Waals surface area contributed by atoms with Crippen molar-refractivity contribution in [2.45, 2.75) is 38.6 Å². The maximum atomic E-state index is 8.89. The zero-order valence-corrected chi connectivity index (χ0v) is 7.92. The van der Waals surface area contributed by atoms with Crippen LogP contribution in [0.15, 0.2) is 0 Å². The zero-order valence-electron chi connectivity index (χ0n) is 7.92. The second-order valence-corrected chi connectivity index (χ2v) is 4.58. The van der Waals surface area contributed by atoms with E-state index in [1.54, 1.807) is 0 Å². The summed E-state index contributed by atoms with van der Waals surface area (Å²) in [7, 11) is 0. The Bertz CT molecular complexity index is 165. The number of nitrogens with zero attached hydrogens (tertiary/aromatic N) is 1. The van der Waals surface area contributed by atoms with Crippen molar-refractivity contribution in [3.05, 3.63) is 0 Å². The average Bonchev–Trinajstić information content (AvgIpc) is 2.80. The predicted molar refractivity (Wildman–Crippen MR) is 49.0 cm³/mol. The highest BCUT2D eigenvalue weighted by atomic mass is 16.3. The monoisotopic (exact) mass is 169 g/mol. The first-order valence-electron chi connectivity index (χ1n) is 5.11. The maximum absolute atomic E-state index is 8.89. The second kappa shape index (κ2) is 3.00. The van der Waals surface area contributed by atoms with Gasteiger partial charge in [-0.2, -0.15) is 0 Å². The van der Waals surface area contributed by atoms with Crippen LogP contribution in [-0.4, -0.2) is 35.7 Å². The van der Waals surface area contributed by atoms with Crippen molar-refractivity contribution in [1.82, 2.24) is 4.90 Å². The molecule has 0 bridgehead atoms. The van der Waals surface area contributed by atoms with E-state index in [1.165, 1.54) is 32.4 Å². The molecule has 1 aliphatic heterocycles. The van der Waals surface area contributed by atoms with Crippen LogP contribution < -0.4 is 0 Å². The fourth-order valence-electron chi connectivity index (χ4n) is 2.14. The van der Waals surface area contributed by atoms with Gasteiger partial charge >= 0.3 is 0 Å². The van der Waals surface area contributed by atoms with Crippen molar-refractivity contribution in [3.8, 4) is 0 Å². The van der Waals surface area contributed by atoms with E-state index in [1.807, 2.05) is 0 Å². The van der Waals surface area contributed by atoms with E-state index in [0.29, 0.717) is 12.0 Å². The highest BCUT2D eigenvalue weighted by Gasteiger charge is 2.44. The number of rotatable bonds is 4. The Hall–Kier alpha value is -0.0800. The maximum Gasteiger partial charge on any atom is 0.0436 e. The molecule has 2 rings (SSSR count). The molecule has 12 heavy (non-hydrogen) atoms. The van der Waals surface area contributed by atoms with E-state index in [-0.39, 0.29) is 0 Å². The molecule has 1 aliphatic carbocycles.